The predicted octanol–water partition coefficient (Wildman–Crippen LogP) is 0.516. The molecule has 0 aromatic heterocycles. The number of carbonyl (C=O) groups is 10. The summed E-state index contributed by atoms with van der Waals surface area (Å²) < 4.78 is 5.51. The van der Waals surface area contributed by atoms with E-state index in [9.17, 15) is 68.4 Å². The minimum absolute atomic E-state index is 0.0223. The standard InChI is InChI=1S/C54H75N9O16/c1-35(64)30-60-18-20-61(21-23-63(33-49(70)71)25-24-62(22-19-60)32-48(68)69)31-46(65)56-29-36-13-15-37(16-14-36)50(72)57-44(28-42-40-9-4-2-7-38(40)27-39-8-3-5-10-41(39)42)51(73)55-17-26-79-34-45(53(76)77)59-54(78)58-43(52(74)75)11-6-12-47(66)67/h2-5,7-10,27,36-37,43-45H,6,11-26,28-34H2,1H3,(H,55,73)(H,56,65)(H,57,72)(H,66,67)(H,68,69)(H,70,71)(H,74,75)(H,76,77)(H2,58,59,78)/t36?,37?,43-,44-,45-/m0/s1. The molecule has 1 heterocycles. The second kappa shape index (κ2) is 31.9. The maximum absolute atomic E-state index is 14.1. The Hall–Kier alpha value is -7.32. The third-order valence-corrected chi connectivity index (χ3v) is 14.1. The van der Waals surface area contributed by atoms with Crippen molar-refractivity contribution in [1.82, 2.24) is 46.2 Å². The lowest BCUT2D eigenvalue weighted by Crippen LogP contribution is -2.52. The molecule has 1 aliphatic heterocycles. The van der Waals surface area contributed by atoms with Gasteiger partial charge in [-0.15, -0.1) is 0 Å². The highest BCUT2D eigenvalue weighted by molar-refractivity contribution is 6.03. The highest BCUT2D eigenvalue weighted by Gasteiger charge is 2.32. The second-order valence-electron chi connectivity index (χ2n) is 20.2. The molecule has 25 nitrogen and oxygen atoms in total. The van der Waals surface area contributed by atoms with Crippen molar-refractivity contribution in [1.29, 1.82) is 0 Å². The summed E-state index contributed by atoms with van der Waals surface area (Å²) in [6.07, 6.45) is 1.76. The van der Waals surface area contributed by atoms with Crippen LogP contribution in [0.5, 0.6) is 0 Å². The van der Waals surface area contributed by atoms with Crippen LogP contribution in [0.3, 0.4) is 0 Å². The van der Waals surface area contributed by atoms with Gasteiger partial charge in [0.05, 0.1) is 39.4 Å². The van der Waals surface area contributed by atoms with Crippen LogP contribution in [0.2, 0.25) is 0 Å². The largest absolute Gasteiger partial charge is 0.481 e. The fraction of sp³-hybridized carbons (Fsp3) is 0.556. The summed E-state index contributed by atoms with van der Waals surface area (Å²) in [5.41, 5.74) is 0.841. The number of fused-ring (bicyclic) bond motifs is 2. The Kier molecular flexibility index (Phi) is 25.3. The average Bonchev–Trinajstić information content (AvgIpc) is 3.41. The van der Waals surface area contributed by atoms with Gasteiger partial charge in [0, 0.05) is 84.2 Å². The minimum atomic E-state index is -1.61. The molecule has 0 radical (unpaired) electrons. The first-order valence-corrected chi connectivity index (χ1v) is 26.6. The second-order valence-corrected chi connectivity index (χ2v) is 20.2. The lowest BCUT2D eigenvalue weighted by atomic mass is 9.81. The van der Waals surface area contributed by atoms with Crippen LogP contribution in [-0.2, 0) is 54.3 Å². The summed E-state index contributed by atoms with van der Waals surface area (Å²) in [6, 6.07) is 12.3. The number of Topliss-reactive ketones (excluding diaryl/α,β-unsaturated/α-hetero) is 1. The van der Waals surface area contributed by atoms with Gasteiger partial charge >= 0.3 is 35.9 Å². The van der Waals surface area contributed by atoms with Crippen LogP contribution < -0.4 is 26.6 Å². The third kappa shape index (κ3) is 21.8. The number of carboxylic acid groups (broad SMARTS) is 5. The molecular weight excluding hydrogens is 1030 g/mol. The first-order chi connectivity index (χ1) is 37.7. The molecule has 3 aromatic rings. The topological polar surface area (TPSA) is 354 Å². The van der Waals surface area contributed by atoms with Gasteiger partial charge in [-0.2, -0.15) is 0 Å². The first kappa shape index (κ1) is 62.5. The number of carboxylic acids is 5. The van der Waals surface area contributed by atoms with Crippen LogP contribution >= 0.6 is 0 Å². The van der Waals surface area contributed by atoms with E-state index in [1.54, 1.807) is 9.80 Å². The molecule has 1 saturated heterocycles. The van der Waals surface area contributed by atoms with E-state index in [-0.39, 0.29) is 88.5 Å². The van der Waals surface area contributed by atoms with E-state index >= 15 is 0 Å². The van der Waals surface area contributed by atoms with Gasteiger partial charge in [-0.3, -0.25) is 53.2 Å². The maximum Gasteiger partial charge on any atom is 0.328 e. The molecule has 25 heteroatoms. The summed E-state index contributed by atoms with van der Waals surface area (Å²) in [6.45, 7) is 3.51. The van der Waals surface area contributed by atoms with E-state index in [0.717, 1.165) is 27.1 Å². The van der Waals surface area contributed by atoms with Crippen molar-refractivity contribution >= 4 is 80.9 Å². The minimum Gasteiger partial charge on any atom is -0.481 e. The number of nitrogens with zero attached hydrogens (tertiary/aromatic N) is 4. The van der Waals surface area contributed by atoms with E-state index in [1.807, 2.05) is 58.3 Å². The SMILES string of the molecule is CC(=O)CN1CCN(CC(=O)O)CCN(CC(=O)O)CCN(CC(=O)NCC2CCC(C(=O)N[C@@H](Cc3c4ccccc4cc4ccccc34)C(=O)NCCOC[C@H](NC(=O)N[C@@H](CCCC(=O)O)C(=O)O)C(=O)O)CC2)CC1. The molecule has 0 spiro atoms. The number of benzene rings is 3. The molecule has 2 aliphatic rings. The van der Waals surface area contributed by atoms with Gasteiger partial charge in [0.15, 0.2) is 6.04 Å². The molecule has 2 fully saturated rings. The Labute approximate surface area is 457 Å². The Morgan fingerprint density at radius 2 is 1.10 bits per heavy atom. The van der Waals surface area contributed by atoms with Gasteiger partial charge in [0.1, 0.15) is 17.9 Å². The van der Waals surface area contributed by atoms with Crippen LogP contribution in [0.15, 0.2) is 54.6 Å². The van der Waals surface area contributed by atoms with Crippen LogP contribution in [0.25, 0.3) is 21.5 Å². The normalized spacial score (nSPS) is 18.4. The third-order valence-electron chi connectivity index (χ3n) is 14.1. The summed E-state index contributed by atoms with van der Waals surface area (Å²) in [4.78, 5) is 131. The van der Waals surface area contributed by atoms with Gasteiger partial charge in [-0.25, -0.2) is 14.4 Å². The number of carbonyl (C=O) groups excluding carboxylic acids is 5. The van der Waals surface area contributed by atoms with E-state index in [4.69, 9.17) is 9.84 Å². The number of aliphatic carboxylic acids is 5. The molecule has 5 rings (SSSR count). The Balaban J connectivity index is 1.17. The molecule has 10 N–H and O–H groups in total. The van der Waals surface area contributed by atoms with E-state index < -0.39 is 72.4 Å². The fourth-order valence-corrected chi connectivity index (χ4v) is 9.90. The van der Waals surface area contributed by atoms with E-state index in [0.29, 0.717) is 84.6 Å². The molecule has 1 saturated carbocycles. The number of urea groups is 1. The lowest BCUT2D eigenvalue weighted by molar-refractivity contribution is -0.141. The molecule has 79 heavy (non-hydrogen) atoms. The average molecular weight is 1110 g/mol. The van der Waals surface area contributed by atoms with Crippen molar-refractivity contribution in [2.24, 2.45) is 11.8 Å². The zero-order valence-electron chi connectivity index (χ0n) is 44.6. The molecule has 3 aromatic carbocycles. The smallest absolute Gasteiger partial charge is 0.328 e. The zero-order chi connectivity index (χ0) is 57.4. The number of ether oxygens (including phenoxy) is 1. The Morgan fingerprint density at radius 1 is 0.595 bits per heavy atom. The first-order valence-electron chi connectivity index (χ1n) is 26.6. The van der Waals surface area contributed by atoms with E-state index in [1.165, 1.54) is 6.92 Å². The van der Waals surface area contributed by atoms with Crippen molar-refractivity contribution in [3.05, 3.63) is 60.2 Å². The summed E-state index contributed by atoms with van der Waals surface area (Å²) in [7, 11) is 0. The molecule has 5 amide bonds. The van der Waals surface area contributed by atoms with Crippen molar-refractivity contribution < 1.29 is 78.2 Å². The number of amides is 5. The predicted molar refractivity (Wildman–Crippen MR) is 287 cm³/mol. The summed E-state index contributed by atoms with van der Waals surface area (Å²) in [5.74, 6) is -7.60. The molecule has 0 unspecified atom stereocenters. The van der Waals surface area contributed by atoms with Gasteiger partial charge in [-0.05, 0) is 84.5 Å². The number of hydrogen-bond donors (Lipinski definition) is 10. The quantitative estimate of drug-likeness (QED) is 0.0350. The summed E-state index contributed by atoms with van der Waals surface area (Å²) >= 11 is 0. The van der Waals surface area contributed by atoms with Crippen molar-refractivity contribution in [3.63, 3.8) is 0 Å². The zero-order valence-corrected chi connectivity index (χ0v) is 44.6. The van der Waals surface area contributed by atoms with Gasteiger partial charge in [0.25, 0.3) is 0 Å². The molecular formula is C54H75N9O16. The van der Waals surface area contributed by atoms with E-state index in [2.05, 4.69) is 32.7 Å². The van der Waals surface area contributed by atoms with Gasteiger partial charge < -0.3 is 56.9 Å². The Bertz CT molecular complexity index is 2530. The van der Waals surface area contributed by atoms with Crippen LogP contribution in [0.4, 0.5) is 4.79 Å². The number of hydrogen-bond acceptors (Lipinski definition) is 15. The van der Waals surface area contributed by atoms with Gasteiger partial charge in [0.2, 0.25) is 17.7 Å². The van der Waals surface area contributed by atoms with Crippen LogP contribution in [-0.4, -0.2) is 227 Å². The van der Waals surface area contributed by atoms with Crippen LogP contribution in [0.1, 0.15) is 57.4 Å². The molecule has 432 valence electrons. The fourth-order valence-electron chi connectivity index (χ4n) is 9.90. The molecule has 0 bridgehead atoms. The molecule has 3 atom stereocenters. The van der Waals surface area contributed by atoms with Crippen molar-refractivity contribution in [2.75, 3.05) is 105 Å². The number of rotatable bonds is 28. The molecule has 1 aliphatic carbocycles. The highest BCUT2D eigenvalue weighted by atomic mass is 16.5. The highest BCUT2D eigenvalue weighted by Crippen LogP contribution is 2.31. The monoisotopic (exact) mass is 1110 g/mol. The lowest BCUT2D eigenvalue weighted by Gasteiger charge is -2.33. The Morgan fingerprint density at radius 3 is 1.61 bits per heavy atom. The summed E-state index contributed by atoms with van der Waals surface area (Å²) in [5, 5.41) is 63.9. The van der Waals surface area contributed by atoms with Gasteiger partial charge in [-0.1, -0.05) is 48.5 Å². The van der Waals surface area contributed by atoms with Crippen molar-refractivity contribution in [2.45, 2.75) is 76.4 Å². The van der Waals surface area contributed by atoms with Crippen LogP contribution in [0, 0.1) is 11.8 Å². The maximum atomic E-state index is 14.1. The van der Waals surface area contributed by atoms with Crippen molar-refractivity contribution in [3.8, 4) is 0 Å². The number of ketones is 1. The number of nitrogens with one attached hydrogen (secondary N) is 5.